The predicted octanol–water partition coefficient (Wildman–Crippen LogP) is 4.93. The van der Waals surface area contributed by atoms with Crippen LogP contribution in [0.4, 0.5) is 11.4 Å². The minimum atomic E-state index is -0.206. The first-order valence-corrected chi connectivity index (χ1v) is 9.39. The molecule has 2 heterocycles. The fraction of sp³-hybridized carbons (Fsp3) is 0.0909. The maximum absolute atomic E-state index is 12.5. The van der Waals surface area contributed by atoms with E-state index in [9.17, 15) is 4.79 Å². The van der Waals surface area contributed by atoms with E-state index in [0.29, 0.717) is 17.3 Å². The van der Waals surface area contributed by atoms with Crippen molar-refractivity contribution in [2.45, 2.75) is 6.42 Å². The van der Waals surface area contributed by atoms with Gasteiger partial charge < -0.3 is 15.6 Å². The second-order valence-electron chi connectivity index (χ2n) is 6.40. The molecule has 0 radical (unpaired) electrons. The van der Waals surface area contributed by atoms with E-state index < -0.39 is 0 Å². The summed E-state index contributed by atoms with van der Waals surface area (Å²) in [7, 11) is 0. The lowest BCUT2D eigenvalue weighted by molar-refractivity contribution is 0.0949. The number of hydrogen-bond donors (Lipinski definition) is 3. The average Bonchev–Trinajstić information content (AvgIpc) is 3.13. The zero-order valence-electron chi connectivity index (χ0n) is 15.1. The third kappa shape index (κ3) is 4.00. The topological polar surface area (TPSA) is 69.8 Å². The van der Waals surface area contributed by atoms with Crippen molar-refractivity contribution in [3.63, 3.8) is 0 Å². The number of nitrogens with one attached hydrogen (secondary N) is 3. The fourth-order valence-corrected chi connectivity index (χ4v) is 3.27. The summed E-state index contributed by atoms with van der Waals surface area (Å²) in [4.78, 5) is 19.9. The summed E-state index contributed by atoms with van der Waals surface area (Å²) in [6.07, 6.45) is 4.34. The number of amides is 1. The number of aromatic nitrogens is 2. The number of halogens is 1. The number of benzene rings is 2. The molecule has 2 aromatic heterocycles. The summed E-state index contributed by atoms with van der Waals surface area (Å²) in [5.74, 6) is -0.206. The lowest BCUT2D eigenvalue weighted by Gasteiger charge is -2.09. The van der Waals surface area contributed by atoms with E-state index in [1.807, 2.05) is 48.7 Å². The lowest BCUT2D eigenvalue weighted by Crippen LogP contribution is -2.26. The SMILES string of the molecule is O=C(NCCc1c[nH]c2ccccc12)c1cc(Nc2ccccc2Cl)ccn1. The first kappa shape index (κ1) is 18.1. The first-order chi connectivity index (χ1) is 13.7. The zero-order chi connectivity index (χ0) is 19.3. The molecule has 0 aliphatic carbocycles. The van der Waals surface area contributed by atoms with Gasteiger partial charge in [-0.3, -0.25) is 9.78 Å². The summed E-state index contributed by atoms with van der Waals surface area (Å²) in [5, 5.41) is 7.94. The van der Waals surface area contributed by atoms with Gasteiger partial charge in [-0.15, -0.1) is 0 Å². The maximum Gasteiger partial charge on any atom is 0.269 e. The van der Waals surface area contributed by atoms with E-state index in [1.165, 1.54) is 10.9 Å². The Kier molecular flexibility index (Phi) is 5.26. The standard InChI is InChI=1S/C22H19ClN4O/c23-18-6-2-4-8-20(18)27-16-10-12-24-21(13-16)22(28)25-11-9-15-14-26-19-7-3-1-5-17(15)19/h1-8,10,12-14,26H,9,11H2,(H,24,27)(H,25,28). The summed E-state index contributed by atoms with van der Waals surface area (Å²) in [5.41, 5.74) is 4.17. The molecular weight excluding hydrogens is 372 g/mol. The summed E-state index contributed by atoms with van der Waals surface area (Å²) in [6.45, 7) is 0.532. The maximum atomic E-state index is 12.5. The van der Waals surface area contributed by atoms with Crippen LogP contribution in [0.3, 0.4) is 0 Å². The van der Waals surface area contributed by atoms with Crippen LogP contribution in [-0.2, 0) is 6.42 Å². The van der Waals surface area contributed by atoms with E-state index in [1.54, 1.807) is 18.3 Å². The number of anilines is 2. The second-order valence-corrected chi connectivity index (χ2v) is 6.81. The quantitative estimate of drug-likeness (QED) is 0.437. The molecule has 0 fully saturated rings. The minimum absolute atomic E-state index is 0.206. The summed E-state index contributed by atoms with van der Waals surface area (Å²) >= 11 is 6.18. The van der Waals surface area contributed by atoms with Gasteiger partial charge in [-0.2, -0.15) is 0 Å². The Morgan fingerprint density at radius 2 is 1.89 bits per heavy atom. The molecule has 0 saturated heterocycles. The Morgan fingerprint density at radius 1 is 1.07 bits per heavy atom. The Balaban J connectivity index is 1.39. The Morgan fingerprint density at radius 3 is 2.79 bits per heavy atom. The highest BCUT2D eigenvalue weighted by Gasteiger charge is 2.09. The molecule has 1 amide bonds. The molecule has 4 aromatic rings. The Labute approximate surface area is 167 Å². The molecule has 4 rings (SSSR count). The van der Waals surface area contributed by atoms with Crippen molar-refractivity contribution in [1.82, 2.24) is 15.3 Å². The molecule has 0 spiro atoms. The van der Waals surface area contributed by atoms with Crippen LogP contribution in [0.25, 0.3) is 10.9 Å². The molecule has 0 saturated carbocycles. The number of nitrogens with zero attached hydrogens (tertiary/aromatic N) is 1. The van der Waals surface area contributed by atoms with Gasteiger partial charge in [0.2, 0.25) is 0 Å². The number of pyridine rings is 1. The van der Waals surface area contributed by atoms with Crippen LogP contribution < -0.4 is 10.6 Å². The number of carbonyl (C=O) groups excluding carboxylic acids is 1. The predicted molar refractivity (Wildman–Crippen MR) is 113 cm³/mol. The molecule has 0 aliphatic heterocycles. The molecule has 140 valence electrons. The fourth-order valence-electron chi connectivity index (χ4n) is 3.09. The van der Waals surface area contributed by atoms with Gasteiger partial charge in [0.25, 0.3) is 5.91 Å². The smallest absolute Gasteiger partial charge is 0.269 e. The third-order valence-corrected chi connectivity index (χ3v) is 4.83. The summed E-state index contributed by atoms with van der Waals surface area (Å²) < 4.78 is 0. The van der Waals surface area contributed by atoms with Gasteiger partial charge in [0.05, 0.1) is 10.7 Å². The number of hydrogen-bond acceptors (Lipinski definition) is 3. The van der Waals surface area contributed by atoms with Crippen molar-refractivity contribution in [3.8, 4) is 0 Å². The Hall–Kier alpha value is -3.31. The van der Waals surface area contributed by atoms with Crippen molar-refractivity contribution in [1.29, 1.82) is 0 Å². The second kappa shape index (κ2) is 8.15. The molecule has 0 bridgehead atoms. The number of rotatable bonds is 6. The van der Waals surface area contributed by atoms with Crippen LogP contribution in [0.5, 0.6) is 0 Å². The van der Waals surface area contributed by atoms with Crippen molar-refractivity contribution in [2.24, 2.45) is 0 Å². The number of carbonyl (C=O) groups is 1. The normalized spacial score (nSPS) is 10.8. The van der Waals surface area contributed by atoms with Gasteiger partial charge in [0.15, 0.2) is 0 Å². The largest absolute Gasteiger partial charge is 0.361 e. The average molecular weight is 391 g/mol. The molecule has 2 aromatic carbocycles. The highest BCUT2D eigenvalue weighted by Crippen LogP contribution is 2.24. The summed E-state index contributed by atoms with van der Waals surface area (Å²) in [6, 6.07) is 19.1. The van der Waals surface area contributed by atoms with E-state index in [4.69, 9.17) is 11.6 Å². The lowest BCUT2D eigenvalue weighted by atomic mass is 10.1. The number of para-hydroxylation sites is 2. The molecule has 0 aliphatic rings. The van der Waals surface area contributed by atoms with Crippen molar-refractivity contribution < 1.29 is 4.79 Å². The molecule has 0 unspecified atom stereocenters. The van der Waals surface area contributed by atoms with E-state index in [0.717, 1.165) is 23.3 Å². The number of H-pyrrole nitrogens is 1. The van der Waals surface area contributed by atoms with E-state index >= 15 is 0 Å². The molecule has 5 nitrogen and oxygen atoms in total. The van der Waals surface area contributed by atoms with Crippen LogP contribution in [0.1, 0.15) is 16.1 Å². The van der Waals surface area contributed by atoms with Gasteiger partial charge in [-0.25, -0.2) is 0 Å². The van der Waals surface area contributed by atoms with Gasteiger partial charge in [0.1, 0.15) is 5.69 Å². The van der Waals surface area contributed by atoms with Gasteiger partial charge >= 0.3 is 0 Å². The molecule has 3 N–H and O–H groups in total. The van der Waals surface area contributed by atoms with Crippen LogP contribution in [-0.4, -0.2) is 22.4 Å². The highest BCUT2D eigenvalue weighted by molar-refractivity contribution is 6.33. The molecule has 6 heteroatoms. The van der Waals surface area contributed by atoms with Crippen LogP contribution >= 0.6 is 11.6 Å². The van der Waals surface area contributed by atoms with Gasteiger partial charge in [-0.1, -0.05) is 41.9 Å². The van der Waals surface area contributed by atoms with Crippen molar-refractivity contribution in [3.05, 3.63) is 89.3 Å². The molecule has 28 heavy (non-hydrogen) atoms. The molecular formula is C22H19ClN4O. The van der Waals surface area contributed by atoms with Crippen LogP contribution in [0, 0.1) is 0 Å². The van der Waals surface area contributed by atoms with E-state index in [-0.39, 0.29) is 5.91 Å². The third-order valence-electron chi connectivity index (χ3n) is 4.50. The molecule has 0 atom stereocenters. The first-order valence-electron chi connectivity index (χ1n) is 9.01. The van der Waals surface area contributed by atoms with Crippen molar-refractivity contribution in [2.75, 3.05) is 11.9 Å². The van der Waals surface area contributed by atoms with Crippen molar-refractivity contribution >= 4 is 39.8 Å². The minimum Gasteiger partial charge on any atom is -0.361 e. The highest BCUT2D eigenvalue weighted by atomic mass is 35.5. The van der Waals surface area contributed by atoms with E-state index in [2.05, 4.69) is 26.7 Å². The van der Waals surface area contributed by atoms with Gasteiger partial charge in [-0.05, 0) is 42.3 Å². The zero-order valence-corrected chi connectivity index (χ0v) is 15.8. The monoisotopic (exact) mass is 390 g/mol. The number of fused-ring (bicyclic) bond motifs is 1. The Bertz CT molecular complexity index is 1120. The number of aromatic amines is 1. The van der Waals surface area contributed by atoms with Crippen LogP contribution in [0.2, 0.25) is 5.02 Å². The van der Waals surface area contributed by atoms with Gasteiger partial charge in [0, 0.05) is 35.5 Å². The van der Waals surface area contributed by atoms with Crippen LogP contribution in [0.15, 0.2) is 73.1 Å².